The Morgan fingerprint density at radius 1 is 0.707 bits per heavy atom. The molecule has 5 heteroatoms. The molecule has 0 heterocycles. The van der Waals surface area contributed by atoms with Gasteiger partial charge in [0.05, 0.1) is 52.3 Å². The van der Waals surface area contributed by atoms with E-state index in [0.29, 0.717) is 0 Å². The summed E-state index contributed by atoms with van der Waals surface area (Å²) in [6.45, 7) is 15.7. The lowest BCUT2D eigenvalue weighted by Crippen LogP contribution is -2.47. The van der Waals surface area contributed by atoms with E-state index in [1.165, 1.54) is 69.3 Å². The predicted octanol–water partition coefficient (Wildman–Crippen LogP) is 7.90. The fraction of sp³-hybridized carbons (Fsp3) is 0.389. The van der Waals surface area contributed by atoms with Crippen molar-refractivity contribution in [2.75, 3.05) is 40.4 Å². The summed E-state index contributed by atoms with van der Waals surface area (Å²) in [5.74, 6) is 1.55. The van der Waals surface area contributed by atoms with E-state index in [-0.39, 0.29) is 0 Å². The van der Waals surface area contributed by atoms with Gasteiger partial charge in [-0.3, -0.25) is 0 Å². The molecule has 0 saturated heterocycles. The van der Waals surface area contributed by atoms with Crippen LogP contribution in [0.2, 0.25) is 0 Å². The molecule has 0 aliphatic carbocycles. The highest BCUT2D eigenvalue weighted by molar-refractivity contribution is 7.76. The van der Waals surface area contributed by atoms with E-state index in [4.69, 9.17) is 9.47 Å². The summed E-state index contributed by atoms with van der Waals surface area (Å²) >= 11 is 1.23. The van der Waals surface area contributed by atoms with Gasteiger partial charge in [-0.05, 0) is 81.1 Å². The van der Waals surface area contributed by atoms with Crippen LogP contribution in [0.4, 0.5) is 0 Å². The summed E-state index contributed by atoms with van der Waals surface area (Å²) < 4.78 is 14.8. The van der Waals surface area contributed by atoms with Crippen molar-refractivity contribution in [2.45, 2.75) is 58.5 Å². The minimum Gasteiger partial charge on any atom is -0.493 e. The second-order valence-electron chi connectivity index (χ2n) is 11.3. The molecule has 4 aromatic carbocycles. The van der Waals surface area contributed by atoms with Crippen LogP contribution in [0.3, 0.4) is 0 Å². The number of hydrogen-bond acceptors (Lipinski definition) is 3. The number of benzene rings is 4. The van der Waals surface area contributed by atoms with Crippen LogP contribution in [0, 0.1) is 13.8 Å². The molecule has 0 atom stereocenters. The average Bonchev–Trinajstić information content (AvgIpc) is 2.98. The number of unbranched alkanes of at least 4 members (excludes halogenated alkanes) is 1. The van der Waals surface area contributed by atoms with Gasteiger partial charge in [-0.25, -0.2) is 0 Å². The largest absolute Gasteiger partial charge is 0.493 e. The minimum absolute atomic E-state index is 0.770. The van der Waals surface area contributed by atoms with Crippen molar-refractivity contribution in [1.82, 2.24) is 4.31 Å². The van der Waals surface area contributed by atoms with Crippen LogP contribution in [0.1, 0.15) is 48.9 Å². The lowest BCUT2D eigenvalue weighted by atomic mass is 10.1. The standard InChI is InChI=1S/C36H47N2O2S/c1-7-38(8-2,27-31-22-28(3)21-29(4)23-31)20-12-11-19-37(26-30-15-18-35(39-5)36(24-30)40-6)41-34-17-16-32-13-9-10-14-33(32)25-34/h9-10,13-18,21-25H,7-8,11-12,19-20,26-27H2,1-6H3/q+1/p+1. The smallest absolute Gasteiger partial charge is 0.174 e. The van der Waals surface area contributed by atoms with Gasteiger partial charge in [-0.15, -0.1) is 4.31 Å². The number of ether oxygens (including phenoxy) is 2. The van der Waals surface area contributed by atoms with Gasteiger partial charge in [-0.2, -0.15) is 0 Å². The molecule has 0 bridgehead atoms. The molecule has 0 aliphatic rings. The highest BCUT2D eigenvalue weighted by Crippen LogP contribution is 2.29. The number of rotatable bonds is 15. The van der Waals surface area contributed by atoms with Crippen molar-refractivity contribution >= 4 is 22.7 Å². The van der Waals surface area contributed by atoms with E-state index in [9.17, 15) is 0 Å². The number of aryl methyl sites for hydroxylation is 2. The van der Waals surface area contributed by atoms with Crippen LogP contribution in [0.25, 0.3) is 10.8 Å². The quantitative estimate of drug-likeness (QED) is 0.0626. The van der Waals surface area contributed by atoms with Crippen LogP contribution in [0.15, 0.2) is 83.8 Å². The van der Waals surface area contributed by atoms with Gasteiger partial charge in [0.25, 0.3) is 0 Å². The Bertz CT molecular complexity index is 1400. The molecule has 0 N–H and O–H groups in total. The average molecular weight is 573 g/mol. The molecule has 0 amide bonds. The van der Waals surface area contributed by atoms with Crippen molar-refractivity contribution in [3.8, 4) is 11.5 Å². The number of quaternary nitrogens is 1. The Hall–Kier alpha value is -2.99. The Morgan fingerprint density at radius 2 is 1.41 bits per heavy atom. The summed E-state index contributed by atoms with van der Waals surface area (Å²) in [5, 5.41) is 2.58. The van der Waals surface area contributed by atoms with E-state index in [0.717, 1.165) is 48.7 Å². The number of methoxy groups -OCH3 is 2. The summed E-state index contributed by atoms with van der Waals surface area (Å²) in [4.78, 5) is 1.33. The minimum atomic E-state index is 0.770. The Labute approximate surface area is 252 Å². The van der Waals surface area contributed by atoms with Gasteiger partial charge < -0.3 is 14.0 Å². The van der Waals surface area contributed by atoms with Crippen LogP contribution in [0.5, 0.6) is 11.5 Å². The van der Waals surface area contributed by atoms with Crippen molar-refractivity contribution in [2.24, 2.45) is 0 Å². The van der Waals surface area contributed by atoms with Crippen molar-refractivity contribution in [3.63, 3.8) is 0 Å². The molecule has 0 unspecified atom stereocenters. The number of hydrogen-bond donors (Lipinski definition) is 0. The van der Waals surface area contributed by atoms with Gasteiger partial charge >= 0.3 is 0 Å². The number of fused-ring (bicyclic) bond motifs is 1. The number of thiol groups is 1. The van der Waals surface area contributed by atoms with E-state index < -0.39 is 0 Å². The Balaban J connectivity index is 1.46. The lowest BCUT2D eigenvalue weighted by molar-refractivity contribution is -0.938. The summed E-state index contributed by atoms with van der Waals surface area (Å²) in [5.41, 5.74) is 5.43. The van der Waals surface area contributed by atoms with Gasteiger partial charge in [0.1, 0.15) is 6.54 Å². The van der Waals surface area contributed by atoms with Crippen LogP contribution in [-0.2, 0) is 25.0 Å². The lowest BCUT2D eigenvalue weighted by Gasteiger charge is -2.37. The van der Waals surface area contributed by atoms with Gasteiger partial charge in [0, 0.05) is 18.2 Å². The first kappa shape index (κ1) is 31.0. The fourth-order valence-corrected chi connectivity index (χ4v) is 7.03. The second kappa shape index (κ2) is 14.8. The second-order valence-corrected chi connectivity index (χ2v) is 12.5. The molecular formula is C36H48N2O2S+2. The molecule has 41 heavy (non-hydrogen) atoms. The van der Waals surface area contributed by atoms with E-state index >= 15 is 0 Å². The van der Waals surface area contributed by atoms with Crippen LogP contribution in [-0.4, -0.2) is 49.2 Å². The predicted molar refractivity (Wildman–Crippen MR) is 176 cm³/mol. The topological polar surface area (TPSA) is 21.7 Å². The first-order valence-corrected chi connectivity index (χ1v) is 15.8. The molecule has 4 aromatic rings. The van der Waals surface area contributed by atoms with Crippen molar-refractivity contribution in [3.05, 3.63) is 101 Å². The molecule has 4 nitrogen and oxygen atoms in total. The molecule has 4 rings (SSSR count). The molecule has 0 saturated carbocycles. The first-order valence-electron chi connectivity index (χ1n) is 15.0. The highest BCUT2D eigenvalue weighted by atomic mass is 32.2. The number of nitrogens with zero attached hydrogens (tertiary/aromatic N) is 2. The monoisotopic (exact) mass is 572 g/mol. The van der Waals surface area contributed by atoms with E-state index in [1.807, 2.05) is 6.07 Å². The van der Waals surface area contributed by atoms with Crippen LogP contribution < -0.4 is 9.47 Å². The maximum absolute atomic E-state index is 5.60. The molecule has 0 aromatic heterocycles. The fourth-order valence-electron chi connectivity index (χ4n) is 5.89. The summed E-state index contributed by atoms with van der Waals surface area (Å²) in [6, 6.07) is 28.8. The Kier molecular flexibility index (Phi) is 11.1. The third-order valence-electron chi connectivity index (χ3n) is 8.24. The van der Waals surface area contributed by atoms with E-state index in [1.54, 1.807) is 14.2 Å². The zero-order chi connectivity index (χ0) is 29.2. The molecule has 0 fully saturated rings. The summed E-state index contributed by atoms with van der Waals surface area (Å²) in [6.07, 6.45) is 2.38. The first-order chi connectivity index (χ1) is 19.9. The molecule has 0 aliphatic heterocycles. The summed E-state index contributed by atoms with van der Waals surface area (Å²) in [7, 11) is 3.39. The maximum atomic E-state index is 5.60. The van der Waals surface area contributed by atoms with E-state index in [2.05, 4.69) is 105 Å². The molecule has 218 valence electrons. The van der Waals surface area contributed by atoms with Gasteiger partial charge in [-0.1, -0.05) is 59.7 Å². The molecular weight excluding hydrogens is 524 g/mol. The van der Waals surface area contributed by atoms with Gasteiger partial charge in [0.15, 0.2) is 16.4 Å². The van der Waals surface area contributed by atoms with Gasteiger partial charge in [0.2, 0.25) is 0 Å². The maximum Gasteiger partial charge on any atom is 0.174 e. The molecule has 0 spiro atoms. The third-order valence-corrected chi connectivity index (χ3v) is 9.38. The van der Waals surface area contributed by atoms with Crippen LogP contribution >= 0.6 is 0 Å². The molecule has 0 radical (unpaired) electrons. The normalized spacial score (nSPS) is 11.8. The zero-order valence-electron chi connectivity index (χ0n) is 25.8. The van der Waals surface area contributed by atoms with Crippen molar-refractivity contribution < 1.29 is 14.0 Å². The zero-order valence-corrected chi connectivity index (χ0v) is 26.7. The third kappa shape index (κ3) is 8.51. The van der Waals surface area contributed by atoms with Crippen molar-refractivity contribution in [1.29, 1.82) is 0 Å². The Morgan fingerprint density at radius 3 is 2.10 bits per heavy atom. The SMILES string of the molecule is CC[N+](CC)(CCCCN(Cc1ccc(OC)c(OC)c1)[SH+]c1ccc2ccccc2c1)Cc1cc(C)cc(C)c1. The highest BCUT2D eigenvalue weighted by Gasteiger charge is 2.24.